The van der Waals surface area contributed by atoms with Crippen LogP contribution in [-0.2, 0) is 9.59 Å². The van der Waals surface area contributed by atoms with E-state index in [0.717, 1.165) is 4.90 Å². The molecule has 33 heavy (non-hydrogen) atoms. The van der Waals surface area contributed by atoms with E-state index in [2.05, 4.69) is 10.6 Å². The second kappa shape index (κ2) is 9.58. The van der Waals surface area contributed by atoms with Crippen LogP contribution in [0.2, 0.25) is 0 Å². The lowest BCUT2D eigenvalue weighted by Crippen LogP contribution is -2.32. The summed E-state index contributed by atoms with van der Waals surface area (Å²) in [4.78, 5) is 39.0. The van der Waals surface area contributed by atoms with Crippen molar-refractivity contribution in [2.75, 3.05) is 22.1 Å². The Hall–Kier alpha value is -4.10. The number of anilines is 3. The van der Waals surface area contributed by atoms with Crippen LogP contribution in [0.3, 0.4) is 0 Å². The molecule has 0 atom stereocenters. The molecule has 1 aliphatic rings. The number of carbonyl (C=O) groups excluding carboxylic acids is 3. The fourth-order valence-corrected chi connectivity index (χ4v) is 3.49. The second-order valence-electron chi connectivity index (χ2n) is 7.08. The molecule has 1 heterocycles. The van der Waals surface area contributed by atoms with Gasteiger partial charge in [-0.15, -0.1) is 0 Å². The summed E-state index contributed by atoms with van der Waals surface area (Å²) in [5.41, 5.74) is 1.99. The smallest absolute Gasteiger partial charge is 0.283 e. The highest BCUT2D eigenvalue weighted by molar-refractivity contribution is 6.53. The number of hydrogen-bond acceptors (Lipinski definition) is 5. The van der Waals surface area contributed by atoms with Crippen molar-refractivity contribution < 1.29 is 19.1 Å². The molecule has 0 bridgehead atoms. The Morgan fingerprint density at radius 2 is 1.55 bits per heavy atom. The molecule has 1 aliphatic heterocycles. The SMILES string of the molecule is CCOc1ccc(N2C(=O)C(Cl)=C(Nc3ccc(C(=O)Nc4ccccc4)cc3)C2=O)cc1. The molecule has 0 aliphatic carbocycles. The summed E-state index contributed by atoms with van der Waals surface area (Å²) in [6.07, 6.45) is 0. The minimum atomic E-state index is -0.618. The summed E-state index contributed by atoms with van der Waals surface area (Å²) in [6, 6.07) is 22.2. The van der Waals surface area contributed by atoms with Gasteiger partial charge in [0, 0.05) is 16.9 Å². The van der Waals surface area contributed by atoms with Crippen LogP contribution in [0.5, 0.6) is 5.75 Å². The molecule has 0 unspecified atom stereocenters. The van der Waals surface area contributed by atoms with Gasteiger partial charge in [0.05, 0.1) is 12.3 Å². The van der Waals surface area contributed by atoms with Gasteiger partial charge in [0.2, 0.25) is 0 Å². The fourth-order valence-electron chi connectivity index (χ4n) is 3.28. The Morgan fingerprint density at radius 1 is 0.879 bits per heavy atom. The van der Waals surface area contributed by atoms with Gasteiger partial charge in [-0.25, -0.2) is 4.90 Å². The van der Waals surface area contributed by atoms with Crippen LogP contribution in [0.4, 0.5) is 17.1 Å². The van der Waals surface area contributed by atoms with Crippen LogP contribution in [-0.4, -0.2) is 24.3 Å². The van der Waals surface area contributed by atoms with Gasteiger partial charge in [-0.05, 0) is 67.6 Å². The van der Waals surface area contributed by atoms with E-state index >= 15 is 0 Å². The first-order valence-corrected chi connectivity index (χ1v) is 10.6. The molecule has 0 saturated carbocycles. The number of imide groups is 1. The quantitative estimate of drug-likeness (QED) is 0.495. The molecule has 3 aromatic carbocycles. The van der Waals surface area contributed by atoms with E-state index in [1.807, 2.05) is 25.1 Å². The number of hydrogen-bond donors (Lipinski definition) is 2. The van der Waals surface area contributed by atoms with Gasteiger partial charge in [0.25, 0.3) is 17.7 Å². The highest BCUT2D eigenvalue weighted by Gasteiger charge is 2.38. The molecule has 3 aromatic rings. The highest BCUT2D eigenvalue weighted by atomic mass is 35.5. The van der Waals surface area contributed by atoms with E-state index in [1.165, 1.54) is 0 Å². The topological polar surface area (TPSA) is 87.7 Å². The number of rotatable bonds is 7. The largest absolute Gasteiger partial charge is 0.494 e. The van der Waals surface area contributed by atoms with E-state index in [4.69, 9.17) is 16.3 Å². The van der Waals surface area contributed by atoms with E-state index < -0.39 is 11.8 Å². The Morgan fingerprint density at radius 3 is 2.18 bits per heavy atom. The average molecular weight is 462 g/mol. The van der Waals surface area contributed by atoms with Crippen molar-refractivity contribution in [1.82, 2.24) is 0 Å². The third-order valence-electron chi connectivity index (χ3n) is 4.88. The van der Waals surface area contributed by atoms with Crippen molar-refractivity contribution >= 4 is 46.4 Å². The van der Waals surface area contributed by atoms with Crippen molar-refractivity contribution in [3.05, 3.63) is 95.2 Å². The Kier molecular flexibility index (Phi) is 6.42. The highest BCUT2D eigenvalue weighted by Crippen LogP contribution is 2.31. The van der Waals surface area contributed by atoms with Crippen LogP contribution in [0.1, 0.15) is 17.3 Å². The third kappa shape index (κ3) is 4.73. The van der Waals surface area contributed by atoms with Crippen molar-refractivity contribution in [3.63, 3.8) is 0 Å². The standard InChI is InChI=1S/C25H20ClN3O4/c1-2-33-20-14-12-19(13-15-20)29-24(31)21(26)22(25(29)32)27-18-10-8-16(9-11-18)23(30)28-17-6-4-3-5-7-17/h3-15,27H,2H2,1H3,(H,28,30). The maximum Gasteiger partial charge on any atom is 0.283 e. The molecule has 3 amide bonds. The van der Waals surface area contributed by atoms with Gasteiger partial charge < -0.3 is 15.4 Å². The number of benzene rings is 3. The summed E-state index contributed by atoms with van der Waals surface area (Å²) in [5, 5.41) is 5.49. The van der Waals surface area contributed by atoms with Gasteiger partial charge in [-0.3, -0.25) is 14.4 Å². The minimum absolute atomic E-state index is 0.0305. The number of nitrogens with zero attached hydrogens (tertiary/aromatic N) is 1. The summed E-state index contributed by atoms with van der Waals surface area (Å²) >= 11 is 6.19. The zero-order valence-electron chi connectivity index (χ0n) is 17.7. The van der Waals surface area contributed by atoms with Gasteiger partial charge >= 0.3 is 0 Å². The average Bonchev–Trinajstić information content (AvgIpc) is 3.04. The Labute approximate surface area is 195 Å². The zero-order valence-corrected chi connectivity index (χ0v) is 18.4. The molecule has 4 rings (SSSR count). The minimum Gasteiger partial charge on any atom is -0.494 e. The summed E-state index contributed by atoms with van der Waals surface area (Å²) in [5.74, 6) is -0.819. The van der Waals surface area contributed by atoms with Gasteiger partial charge in [0.1, 0.15) is 16.5 Å². The van der Waals surface area contributed by atoms with Crippen LogP contribution in [0, 0.1) is 0 Å². The molecule has 0 spiro atoms. The number of halogens is 1. The molecular weight excluding hydrogens is 442 g/mol. The molecule has 0 aromatic heterocycles. The van der Waals surface area contributed by atoms with E-state index in [9.17, 15) is 14.4 Å². The molecular formula is C25H20ClN3O4. The number of amides is 3. The Bertz CT molecular complexity index is 1220. The van der Waals surface area contributed by atoms with E-state index in [-0.39, 0.29) is 16.6 Å². The number of para-hydroxylation sites is 1. The zero-order chi connectivity index (χ0) is 23.4. The first-order valence-electron chi connectivity index (χ1n) is 10.2. The molecule has 7 nitrogen and oxygen atoms in total. The van der Waals surface area contributed by atoms with E-state index in [1.54, 1.807) is 60.7 Å². The maximum absolute atomic E-state index is 12.9. The molecule has 0 radical (unpaired) electrons. The normalized spacial score (nSPS) is 13.3. The molecule has 166 valence electrons. The van der Waals surface area contributed by atoms with Crippen molar-refractivity contribution in [2.24, 2.45) is 0 Å². The second-order valence-corrected chi connectivity index (χ2v) is 7.46. The predicted octanol–water partition coefficient (Wildman–Crippen LogP) is 4.77. The fraction of sp³-hybridized carbons (Fsp3) is 0.0800. The Balaban J connectivity index is 1.46. The first kappa shape index (κ1) is 22.1. The lowest BCUT2D eigenvalue weighted by atomic mass is 10.2. The van der Waals surface area contributed by atoms with Crippen LogP contribution in [0.15, 0.2) is 89.6 Å². The third-order valence-corrected chi connectivity index (χ3v) is 5.23. The van der Waals surface area contributed by atoms with Crippen LogP contribution >= 0.6 is 11.6 Å². The summed E-state index contributed by atoms with van der Waals surface area (Å²) in [7, 11) is 0. The van der Waals surface area contributed by atoms with Gasteiger partial charge in [-0.1, -0.05) is 29.8 Å². The van der Waals surface area contributed by atoms with Crippen LogP contribution < -0.4 is 20.3 Å². The molecule has 0 fully saturated rings. The lowest BCUT2D eigenvalue weighted by molar-refractivity contribution is -0.120. The number of carbonyl (C=O) groups is 3. The van der Waals surface area contributed by atoms with Crippen molar-refractivity contribution in [3.8, 4) is 5.75 Å². The summed E-state index contributed by atoms with van der Waals surface area (Å²) < 4.78 is 5.39. The lowest BCUT2D eigenvalue weighted by Gasteiger charge is -2.15. The first-order chi connectivity index (χ1) is 16.0. The number of nitrogens with one attached hydrogen (secondary N) is 2. The number of ether oxygens (including phenoxy) is 1. The van der Waals surface area contributed by atoms with Crippen molar-refractivity contribution in [2.45, 2.75) is 6.92 Å². The van der Waals surface area contributed by atoms with Gasteiger partial charge in [0.15, 0.2) is 0 Å². The predicted molar refractivity (Wildman–Crippen MR) is 127 cm³/mol. The van der Waals surface area contributed by atoms with Crippen molar-refractivity contribution in [1.29, 1.82) is 0 Å². The molecule has 8 heteroatoms. The van der Waals surface area contributed by atoms with E-state index in [0.29, 0.717) is 35.0 Å². The molecule has 0 saturated heterocycles. The summed E-state index contributed by atoms with van der Waals surface area (Å²) in [6.45, 7) is 2.38. The van der Waals surface area contributed by atoms with Gasteiger partial charge in [-0.2, -0.15) is 0 Å². The van der Waals surface area contributed by atoms with Crippen LogP contribution in [0.25, 0.3) is 0 Å². The molecule has 2 N–H and O–H groups in total. The monoisotopic (exact) mass is 461 g/mol. The maximum atomic E-state index is 12.9.